The molecule has 0 unspecified atom stereocenters. The Morgan fingerprint density at radius 1 is 1.29 bits per heavy atom. The third-order valence-electron chi connectivity index (χ3n) is 5.30. The topological polar surface area (TPSA) is 99.6 Å². The first-order valence-electron chi connectivity index (χ1n) is 9.48. The van der Waals surface area contributed by atoms with Gasteiger partial charge in [0, 0.05) is 5.56 Å². The number of hydrogen-bond acceptors (Lipinski definition) is 7. The van der Waals surface area contributed by atoms with Gasteiger partial charge >= 0.3 is 0 Å². The Bertz CT molecular complexity index is 1200. The van der Waals surface area contributed by atoms with Gasteiger partial charge in [-0.05, 0) is 31.9 Å². The average molecular weight is 392 g/mol. The van der Waals surface area contributed by atoms with E-state index in [-0.39, 0.29) is 5.78 Å². The highest BCUT2D eigenvalue weighted by atomic mass is 32.1. The van der Waals surface area contributed by atoms with Crippen LogP contribution < -0.4 is 5.73 Å². The monoisotopic (exact) mass is 392 g/mol. The van der Waals surface area contributed by atoms with E-state index in [1.807, 2.05) is 16.8 Å². The second kappa shape index (κ2) is 6.63. The second-order valence-electron chi connectivity index (χ2n) is 7.36. The molecule has 7 nitrogen and oxygen atoms in total. The van der Waals surface area contributed by atoms with E-state index in [0.717, 1.165) is 50.4 Å². The number of nitrogens with two attached hydrogens (primary N) is 1. The molecule has 0 spiro atoms. The van der Waals surface area contributed by atoms with Gasteiger partial charge in [-0.1, -0.05) is 18.9 Å². The van der Waals surface area contributed by atoms with E-state index >= 15 is 0 Å². The van der Waals surface area contributed by atoms with Crippen molar-refractivity contribution in [2.45, 2.75) is 45.1 Å². The molecule has 3 heterocycles. The molecule has 0 radical (unpaired) electrons. The number of carbonyl (C=O) groups excluding carboxylic acids is 1. The van der Waals surface area contributed by atoms with Crippen molar-refractivity contribution in [1.82, 2.24) is 24.7 Å². The van der Waals surface area contributed by atoms with Gasteiger partial charge in [-0.2, -0.15) is 5.10 Å². The van der Waals surface area contributed by atoms with Crippen molar-refractivity contribution in [3.05, 3.63) is 29.5 Å². The third-order valence-corrected chi connectivity index (χ3v) is 6.31. The van der Waals surface area contributed by atoms with Crippen LogP contribution in [0.3, 0.4) is 0 Å². The molecule has 0 aliphatic heterocycles. The normalized spacial score (nSPS) is 15.0. The Morgan fingerprint density at radius 2 is 2.11 bits per heavy atom. The maximum absolute atomic E-state index is 11.4. The van der Waals surface area contributed by atoms with Gasteiger partial charge in [-0.3, -0.25) is 4.79 Å². The third kappa shape index (κ3) is 2.84. The summed E-state index contributed by atoms with van der Waals surface area (Å²) in [6.07, 6.45) is 6.54. The summed E-state index contributed by atoms with van der Waals surface area (Å²) in [6.45, 7) is 1.59. The number of carbonyl (C=O) groups is 1. The number of benzene rings is 1. The minimum absolute atomic E-state index is 0.116. The summed E-state index contributed by atoms with van der Waals surface area (Å²) in [5.74, 6) is 0.566. The van der Waals surface area contributed by atoms with E-state index in [1.165, 1.54) is 19.2 Å². The number of aromatic nitrogens is 5. The van der Waals surface area contributed by atoms with E-state index in [4.69, 9.17) is 10.8 Å². The molecule has 1 fully saturated rings. The van der Waals surface area contributed by atoms with Crippen LogP contribution in [0.25, 0.3) is 32.5 Å². The number of anilines is 1. The van der Waals surface area contributed by atoms with Crippen LogP contribution in [0.4, 0.5) is 5.82 Å². The zero-order valence-electron chi connectivity index (χ0n) is 15.6. The number of thiazole rings is 1. The molecule has 8 heteroatoms. The Kier molecular flexibility index (Phi) is 4.08. The van der Waals surface area contributed by atoms with Gasteiger partial charge in [-0.15, -0.1) is 11.3 Å². The molecule has 3 aromatic heterocycles. The Morgan fingerprint density at radius 3 is 2.89 bits per heavy atom. The number of fused-ring (bicyclic) bond motifs is 2. The smallest absolute Gasteiger partial charge is 0.164 e. The van der Waals surface area contributed by atoms with Gasteiger partial charge in [0.05, 0.1) is 28.1 Å². The molecule has 1 aliphatic rings. The maximum atomic E-state index is 11.4. The average Bonchev–Trinajstić information content (AvgIpc) is 3.38. The zero-order chi connectivity index (χ0) is 19.3. The molecule has 28 heavy (non-hydrogen) atoms. The minimum Gasteiger partial charge on any atom is -0.383 e. The van der Waals surface area contributed by atoms with Crippen LogP contribution in [-0.4, -0.2) is 30.5 Å². The number of nitrogen functional groups attached to an aromatic ring is 1. The molecular formula is C20H20N6OS. The van der Waals surface area contributed by atoms with Crippen molar-refractivity contribution < 1.29 is 4.79 Å². The van der Waals surface area contributed by atoms with Crippen molar-refractivity contribution in [2.24, 2.45) is 0 Å². The number of ketones is 1. The number of nitrogens with zero attached hydrogens (tertiary/aromatic N) is 5. The van der Waals surface area contributed by atoms with Gasteiger partial charge in [-0.25, -0.2) is 19.6 Å². The highest BCUT2D eigenvalue weighted by Crippen LogP contribution is 2.37. The van der Waals surface area contributed by atoms with Crippen molar-refractivity contribution >= 4 is 44.2 Å². The fraction of sp³-hybridized carbons (Fsp3) is 0.350. The molecule has 0 saturated heterocycles. The minimum atomic E-state index is 0.116. The van der Waals surface area contributed by atoms with Gasteiger partial charge in [0.2, 0.25) is 0 Å². The molecule has 1 aliphatic carbocycles. The van der Waals surface area contributed by atoms with Gasteiger partial charge < -0.3 is 5.73 Å². The SMILES string of the molecule is CC(=O)Cc1nc2ccc(-c3nn(C4CCCC4)c4ncnc(N)c34)cc2s1. The lowest BCUT2D eigenvalue weighted by molar-refractivity contribution is -0.116. The Labute approximate surface area is 165 Å². The molecule has 0 atom stereocenters. The lowest BCUT2D eigenvalue weighted by Gasteiger charge is -2.10. The molecule has 0 amide bonds. The van der Waals surface area contributed by atoms with E-state index in [0.29, 0.717) is 18.3 Å². The molecule has 1 saturated carbocycles. The lowest BCUT2D eigenvalue weighted by atomic mass is 10.1. The van der Waals surface area contributed by atoms with Gasteiger partial charge in [0.15, 0.2) is 5.65 Å². The van der Waals surface area contributed by atoms with Crippen LogP contribution in [-0.2, 0) is 11.2 Å². The first kappa shape index (κ1) is 17.2. The van der Waals surface area contributed by atoms with Crippen molar-refractivity contribution in [1.29, 1.82) is 0 Å². The van der Waals surface area contributed by atoms with Gasteiger partial charge in [0.1, 0.15) is 28.6 Å². The van der Waals surface area contributed by atoms with E-state index in [1.54, 1.807) is 18.3 Å². The summed E-state index contributed by atoms with van der Waals surface area (Å²) in [4.78, 5) is 24.7. The fourth-order valence-corrected chi connectivity index (χ4v) is 5.09. The summed E-state index contributed by atoms with van der Waals surface area (Å²) in [5, 5.41) is 6.57. The van der Waals surface area contributed by atoms with Crippen LogP contribution in [0.5, 0.6) is 0 Å². The molecule has 1 aromatic carbocycles. The van der Waals surface area contributed by atoms with Crippen molar-refractivity contribution in [3.8, 4) is 11.3 Å². The standard InChI is InChI=1S/C20H20N6OS/c1-11(27)8-16-24-14-7-6-12(9-15(14)28-16)18-17-19(21)22-10-23-20(17)26(25-18)13-4-2-3-5-13/h6-7,9-10,13H,2-5,8H2,1H3,(H2,21,22,23). The molecule has 2 N–H and O–H groups in total. The first-order valence-corrected chi connectivity index (χ1v) is 10.3. The molecule has 0 bridgehead atoms. The summed E-state index contributed by atoms with van der Waals surface area (Å²) >= 11 is 1.55. The Hall–Kier alpha value is -2.87. The van der Waals surface area contributed by atoms with Gasteiger partial charge in [0.25, 0.3) is 0 Å². The lowest BCUT2D eigenvalue weighted by Crippen LogP contribution is -2.07. The summed E-state index contributed by atoms with van der Waals surface area (Å²) in [5.41, 5.74) is 9.70. The number of hydrogen-bond donors (Lipinski definition) is 1. The summed E-state index contributed by atoms with van der Waals surface area (Å²) < 4.78 is 3.07. The highest BCUT2D eigenvalue weighted by molar-refractivity contribution is 7.18. The second-order valence-corrected chi connectivity index (χ2v) is 8.47. The van der Waals surface area contributed by atoms with E-state index in [9.17, 15) is 4.79 Å². The van der Waals surface area contributed by atoms with Crippen LogP contribution in [0, 0.1) is 0 Å². The van der Waals surface area contributed by atoms with Crippen molar-refractivity contribution in [3.63, 3.8) is 0 Å². The van der Waals surface area contributed by atoms with Crippen LogP contribution in [0.15, 0.2) is 24.5 Å². The van der Waals surface area contributed by atoms with E-state index < -0.39 is 0 Å². The summed E-state index contributed by atoms with van der Waals surface area (Å²) in [6, 6.07) is 6.42. The highest BCUT2D eigenvalue weighted by Gasteiger charge is 2.24. The molecule has 5 rings (SSSR count). The van der Waals surface area contributed by atoms with Crippen LogP contribution in [0.1, 0.15) is 43.7 Å². The quantitative estimate of drug-likeness (QED) is 0.565. The fourth-order valence-electron chi connectivity index (χ4n) is 4.01. The molecular weight excluding hydrogens is 372 g/mol. The predicted octanol–water partition coefficient (Wildman–Crippen LogP) is 3.93. The molecule has 142 valence electrons. The van der Waals surface area contributed by atoms with E-state index in [2.05, 4.69) is 21.0 Å². The number of Topliss-reactive ketones (excluding diaryl/α,β-unsaturated/α-hetero) is 1. The predicted molar refractivity (Wildman–Crippen MR) is 110 cm³/mol. The zero-order valence-corrected chi connectivity index (χ0v) is 16.4. The molecule has 4 aromatic rings. The number of rotatable bonds is 4. The maximum Gasteiger partial charge on any atom is 0.164 e. The van der Waals surface area contributed by atoms with Crippen LogP contribution >= 0.6 is 11.3 Å². The summed E-state index contributed by atoms with van der Waals surface area (Å²) in [7, 11) is 0. The van der Waals surface area contributed by atoms with Crippen LogP contribution in [0.2, 0.25) is 0 Å². The largest absolute Gasteiger partial charge is 0.383 e. The Balaban J connectivity index is 1.67. The van der Waals surface area contributed by atoms with Crippen molar-refractivity contribution in [2.75, 3.05) is 5.73 Å². The first-order chi connectivity index (χ1) is 13.6.